The molecule has 1 fully saturated rings. The standard InChI is InChI=1S/C16H25NO/c1-2-14(12-18)17-16-11-7-6-10-15(16)13-8-4-3-5-9-13/h3-5,8-9,14-18H,2,6-7,10-12H2,1H3/t14-,15?,16?/m1/s1. The van der Waals surface area contributed by atoms with Crippen LogP contribution in [-0.4, -0.2) is 23.8 Å². The molecule has 0 spiro atoms. The molecule has 0 aromatic heterocycles. The van der Waals surface area contributed by atoms with Crippen molar-refractivity contribution in [1.82, 2.24) is 5.32 Å². The number of aliphatic hydroxyl groups excluding tert-OH is 1. The van der Waals surface area contributed by atoms with E-state index in [1.54, 1.807) is 0 Å². The highest BCUT2D eigenvalue weighted by molar-refractivity contribution is 5.22. The Bertz CT molecular complexity index is 334. The van der Waals surface area contributed by atoms with Gasteiger partial charge in [0.2, 0.25) is 0 Å². The minimum atomic E-state index is 0.245. The van der Waals surface area contributed by atoms with Crippen molar-refractivity contribution in [3.05, 3.63) is 35.9 Å². The molecule has 1 aromatic carbocycles. The summed E-state index contributed by atoms with van der Waals surface area (Å²) in [6.45, 7) is 2.38. The van der Waals surface area contributed by atoms with Crippen molar-refractivity contribution >= 4 is 0 Å². The van der Waals surface area contributed by atoms with Crippen LogP contribution in [0.2, 0.25) is 0 Å². The number of rotatable bonds is 5. The van der Waals surface area contributed by atoms with Gasteiger partial charge in [0.25, 0.3) is 0 Å². The Morgan fingerprint density at radius 2 is 1.94 bits per heavy atom. The van der Waals surface area contributed by atoms with E-state index in [2.05, 4.69) is 42.6 Å². The molecule has 0 aliphatic heterocycles. The molecule has 1 aliphatic carbocycles. The molecule has 0 bridgehead atoms. The van der Waals surface area contributed by atoms with Crippen LogP contribution in [0.15, 0.2) is 30.3 Å². The van der Waals surface area contributed by atoms with Crippen molar-refractivity contribution in [2.45, 2.75) is 57.0 Å². The highest BCUT2D eigenvalue weighted by Gasteiger charge is 2.27. The second-order valence-corrected chi connectivity index (χ2v) is 5.36. The van der Waals surface area contributed by atoms with Crippen molar-refractivity contribution in [1.29, 1.82) is 0 Å². The summed E-state index contributed by atoms with van der Waals surface area (Å²) in [5.41, 5.74) is 1.45. The lowest BCUT2D eigenvalue weighted by molar-refractivity contribution is 0.206. The number of benzene rings is 1. The highest BCUT2D eigenvalue weighted by atomic mass is 16.3. The number of aliphatic hydroxyl groups is 1. The lowest BCUT2D eigenvalue weighted by Crippen LogP contribution is -2.44. The summed E-state index contributed by atoms with van der Waals surface area (Å²) >= 11 is 0. The van der Waals surface area contributed by atoms with Gasteiger partial charge in [0.1, 0.15) is 0 Å². The van der Waals surface area contributed by atoms with Crippen LogP contribution in [0.5, 0.6) is 0 Å². The van der Waals surface area contributed by atoms with Gasteiger partial charge in [-0.05, 0) is 30.7 Å². The predicted molar refractivity (Wildman–Crippen MR) is 75.7 cm³/mol. The first-order chi connectivity index (χ1) is 8.85. The van der Waals surface area contributed by atoms with E-state index in [1.807, 2.05) is 0 Å². The Hall–Kier alpha value is -0.860. The average molecular weight is 247 g/mol. The van der Waals surface area contributed by atoms with Gasteiger partial charge in [-0.15, -0.1) is 0 Å². The van der Waals surface area contributed by atoms with Gasteiger partial charge >= 0.3 is 0 Å². The zero-order chi connectivity index (χ0) is 12.8. The molecule has 2 rings (SSSR count). The van der Waals surface area contributed by atoms with Crippen LogP contribution in [0.3, 0.4) is 0 Å². The number of hydrogen-bond donors (Lipinski definition) is 2. The Kier molecular flexibility index (Phi) is 5.21. The molecule has 100 valence electrons. The second-order valence-electron chi connectivity index (χ2n) is 5.36. The van der Waals surface area contributed by atoms with Crippen LogP contribution >= 0.6 is 0 Å². The van der Waals surface area contributed by atoms with E-state index in [4.69, 9.17) is 0 Å². The first-order valence-electron chi connectivity index (χ1n) is 7.27. The zero-order valence-corrected chi connectivity index (χ0v) is 11.3. The fraction of sp³-hybridized carbons (Fsp3) is 0.625. The van der Waals surface area contributed by atoms with Crippen LogP contribution in [0.25, 0.3) is 0 Å². The Labute approximate surface area is 110 Å². The molecule has 2 nitrogen and oxygen atoms in total. The molecule has 2 heteroatoms. The quantitative estimate of drug-likeness (QED) is 0.838. The summed E-state index contributed by atoms with van der Waals surface area (Å²) in [6, 6.07) is 11.6. The summed E-state index contributed by atoms with van der Waals surface area (Å²) < 4.78 is 0. The summed E-state index contributed by atoms with van der Waals surface area (Å²) in [7, 11) is 0. The third kappa shape index (κ3) is 3.33. The molecule has 0 amide bonds. The van der Waals surface area contributed by atoms with Crippen LogP contribution in [0.1, 0.15) is 50.5 Å². The normalized spacial score (nSPS) is 25.9. The molecule has 2 unspecified atom stereocenters. The van der Waals surface area contributed by atoms with Crippen LogP contribution in [0.4, 0.5) is 0 Å². The third-order valence-corrected chi connectivity index (χ3v) is 4.16. The van der Waals surface area contributed by atoms with E-state index in [9.17, 15) is 5.11 Å². The van der Waals surface area contributed by atoms with Crippen molar-refractivity contribution in [2.75, 3.05) is 6.61 Å². The monoisotopic (exact) mass is 247 g/mol. The highest BCUT2D eigenvalue weighted by Crippen LogP contribution is 2.33. The van der Waals surface area contributed by atoms with Crippen molar-refractivity contribution in [3.8, 4) is 0 Å². The molecule has 0 saturated heterocycles. The van der Waals surface area contributed by atoms with Gasteiger partial charge in [-0.3, -0.25) is 0 Å². The summed E-state index contributed by atoms with van der Waals surface area (Å²) in [4.78, 5) is 0. The van der Waals surface area contributed by atoms with Gasteiger partial charge in [-0.1, -0.05) is 50.1 Å². The van der Waals surface area contributed by atoms with E-state index < -0.39 is 0 Å². The molecular formula is C16H25NO. The van der Waals surface area contributed by atoms with Gasteiger partial charge in [0.15, 0.2) is 0 Å². The largest absolute Gasteiger partial charge is 0.395 e. The summed E-state index contributed by atoms with van der Waals surface area (Å²) in [5, 5.41) is 13.0. The minimum Gasteiger partial charge on any atom is -0.395 e. The topological polar surface area (TPSA) is 32.3 Å². The lowest BCUT2D eigenvalue weighted by Gasteiger charge is -2.35. The van der Waals surface area contributed by atoms with E-state index in [-0.39, 0.29) is 12.6 Å². The molecule has 1 saturated carbocycles. The predicted octanol–water partition coefficient (Wildman–Crippen LogP) is 3.07. The van der Waals surface area contributed by atoms with Crippen LogP contribution in [-0.2, 0) is 0 Å². The zero-order valence-electron chi connectivity index (χ0n) is 11.3. The Morgan fingerprint density at radius 3 is 2.61 bits per heavy atom. The minimum absolute atomic E-state index is 0.245. The van der Waals surface area contributed by atoms with E-state index in [0.717, 1.165) is 6.42 Å². The van der Waals surface area contributed by atoms with Crippen molar-refractivity contribution in [2.24, 2.45) is 0 Å². The first-order valence-corrected chi connectivity index (χ1v) is 7.27. The molecule has 1 aliphatic rings. The van der Waals surface area contributed by atoms with E-state index in [1.165, 1.54) is 31.2 Å². The maximum absolute atomic E-state index is 9.35. The molecular weight excluding hydrogens is 222 g/mol. The van der Waals surface area contributed by atoms with E-state index in [0.29, 0.717) is 12.0 Å². The van der Waals surface area contributed by atoms with Gasteiger partial charge < -0.3 is 10.4 Å². The molecule has 0 heterocycles. The molecule has 0 radical (unpaired) electrons. The van der Waals surface area contributed by atoms with Gasteiger partial charge in [-0.25, -0.2) is 0 Å². The maximum Gasteiger partial charge on any atom is 0.0584 e. The fourth-order valence-corrected chi connectivity index (χ4v) is 3.03. The van der Waals surface area contributed by atoms with Gasteiger partial charge in [0, 0.05) is 12.1 Å². The first kappa shape index (κ1) is 13.6. The maximum atomic E-state index is 9.35. The van der Waals surface area contributed by atoms with Crippen LogP contribution < -0.4 is 5.32 Å². The van der Waals surface area contributed by atoms with Crippen molar-refractivity contribution in [3.63, 3.8) is 0 Å². The Balaban J connectivity index is 2.06. The summed E-state index contributed by atoms with van der Waals surface area (Å²) in [5.74, 6) is 0.612. The number of nitrogens with one attached hydrogen (secondary N) is 1. The van der Waals surface area contributed by atoms with Gasteiger partial charge in [-0.2, -0.15) is 0 Å². The third-order valence-electron chi connectivity index (χ3n) is 4.16. The average Bonchev–Trinajstić information content (AvgIpc) is 2.46. The molecule has 18 heavy (non-hydrogen) atoms. The Morgan fingerprint density at radius 1 is 1.22 bits per heavy atom. The SMILES string of the molecule is CC[C@H](CO)NC1CCCCC1c1ccccc1. The van der Waals surface area contributed by atoms with E-state index >= 15 is 0 Å². The van der Waals surface area contributed by atoms with Crippen LogP contribution in [0, 0.1) is 0 Å². The fourth-order valence-electron chi connectivity index (χ4n) is 3.03. The molecule has 2 N–H and O–H groups in total. The summed E-state index contributed by atoms with van der Waals surface area (Å²) in [6.07, 6.45) is 6.13. The molecule has 3 atom stereocenters. The number of hydrogen-bond acceptors (Lipinski definition) is 2. The van der Waals surface area contributed by atoms with Gasteiger partial charge in [0.05, 0.1) is 6.61 Å². The van der Waals surface area contributed by atoms with Crippen molar-refractivity contribution < 1.29 is 5.11 Å². The lowest BCUT2D eigenvalue weighted by atomic mass is 9.79. The smallest absolute Gasteiger partial charge is 0.0584 e. The second kappa shape index (κ2) is 6.91. The molecule has 1 aromatic rings.